The summed E-state index contributed by atoms with van der Waals surface area (Å²) in [6.45, 7) is 0. The van der Waals surface area contributed by atoms with Crippen molar-refractivity contribution in [3.8, 4) is 0 Å². The molecule has 7 heavy (non-hydrogen) atoms. The van der Waals surface area contributed by atoms with E-state index in [1.165, 1.54) is 0 Å². The fraction of sp³-hybridized carbons (Fsp3) is 1.00. The van der Waals surface area contributed by atoms with E-state index >= 15 is 0 Å². The summed E-state index contributed by atoms with van der Waals surface area (Å²) in [6, 6.07) is 0. The van der Waals surface area contributed by atoms with E-state index in [1.54, 1.807) is 0 Å². The van der Waals surface area contributed by atoms with Crippen molar-refractivity contribution in [1.29, 1.82) is 0 Å². The normalized spacial score (nSPS) is 8.29. The summed E-state index contributed by atoms with van der Waals surface area (Å²) in [6.07, 6.45) is 0. The van der Waals surface area contributed by atoms with Crippen molar-refractivity contribution in [2.75, 3.05) is 21.1 Å². The molecule has 0 bridgehead atoms. The van der Waals surface area contributed by atoms with E-state index in [1.807, 2.05) is 26.0 Å². The molecule has 0 atom stereocenters. The minimum atomic E-state index is 0.410. The second-order valence-corrected chi connectivity index (χ2v) is 18.9. The fourth-order valence-electron chi connectivity index (χ4n) is 0. The van der Waals surface area contributed by atoms with Gasteiger partial charge in [0.25, 0.3) is 0 Å². The van der Waals surface area contributed by atoms with E-state index in [0.29, 0.717) is 13.3 Å². The Morgan fingerprint density at radius 3 is 1.14 bits per heavy atom. The molecule has 0 heterocycles. The second-order valence-electron chi connectivity index (χ2n) is 1.40. The Morgan fingerprint density at radius 2 is 1.14 bits per heavy atom. The molecule has 0 saturated heterocycles. The molecule has 0 aromatic rings. The molecule has 0 aromatic carbocycles. The zero-order valence-electron chi connectivity index (χ0n) is 4.61. The Morgan fingerprint density at radius 1 is 1.14 bits per heavy atom. The Kier molecular flexibility index (Phi) is 18.7. The molecule has 0 aliphatic rings. The van der Waals surface area contributed by atoms with E-state index in [-0.39, 0.29) is 0 Å². The monoisotopic (exact) mass is 441 g/mol. The number of hydrogen-bond acceptors (Lipinski definition) is 1. The number of nitrogens with zero attached hydrogens (tertiary/aromatic N) is 1. The Labute approximate surface area is 75.2 Å². The Bertz CT molecular complexity index is 21.4. The van der Waals surface area contributed by atoms with Crippen molar-refractivity contribution in [2.45, 2.75) is 0 Å². The fourth-order valence-corrected chi connectivity index (χ4v) is 0. The van der Waals surface area contributed by atoms with Crippen LogP contribution in [-0.4, -0.2) is 26.0 Å². The van der Waals surface area contributed by atoms with Crippen LogP contribution in [0.2, 0.25) is 0 Å². The summed E-state index contributed by atoms with van der Waals surface area (Å²) in [5.74, 6) is 0. The van der Waals surface area contributed by atoms with Crippen molar-refractivity contribution >= 4 is 50.5 Å². The molecule has 0 N–H and O–H groups in total. The van der Waals surface area contributed by atoms with Gasteiger partial charge in [-0.25, -0.2) is 0 Å². The van der Waals surface area contributed by atoms with Crippen LogP contribution < -0.4 is 0 Å². The first-order valence-electron chi connectivity index (χ1n) is 1.65. The van der Waals surface area contributed by atoms with Crippen LogP contribution in [-0.2, 0) is 0 Å². The van der Waals surface area contributed by atoms with Gasteiger partial charge in [-0.2, -0.15) is 0 Å². The average Bonchev–Trinajstić information content (AvgIpc) is 1.33. The van der Waals surface area contributed by atoms with Crippen LogP contribution >= 0.6 is 50.5 Å². The van der Waals surface area contributed by atoms with Crippen molar-refractivity contribution in [3.05, 3.63) is 0 Å². The van der Waals surface area contributed by atoms with Gasteiger partial charge in [-0.05, 0) is 21.1 Å². The molecule has 0 saturated carbocycles. The molecule has 0 aromatic heterocycles. The summed E-state index contributed by atoms with van der Waals surface area (Å²) in [5.41, 5.74) is 0. The second kappa shape index (κ2) is 11.0. The van der Waals surface area contributed by atoms with Gasteiger partial charge in [0.1, 0.15) is 0 Å². The summed E-state index contributed by atoms with van der Waals surface area (Å²) in [7, 11) is 6.00. The van der Waals surface area contributed by atoms with E-state index in [9.17, 15) is 0 Å². The van der Waals surface area contributed by atoms with Gasteiger partial charge in [0, 0.05) is 0 Å². The topological polar surface area (TPSA) is 3.24 Å². The molecule has 0 aliphatic carbocycles. The van der Waals surface area contributed by atoms with Gasteiger partial charge in [0.15, 0.2) is 0 Å². The summed E-state index contributed by atoms with van der Waals surface area (Å²) in [4.78, 5) is 2.00. The number of halogens is 3. The average molecular weight is 441 g/mol. The standard InChI is InChI=1S/C3H9N.HI3/c1-4(2)3;1-3-2/h1-3H3;3H. The third-order valence-corrected chi connectivity index (χ3v) is 0. The van der Waals surface area contributed by atoms with E-state index in [2.05, 4.69) is 37.2 Å². The van der Waals surface area contributed by atoms with E-state index in [4.69, 9.17) is 0 Å². The van der Waals surface area contributed by atoms with Gasteiger partial charge in [-0.15, -0.1) is 0 Å². The maximum absolute atomic E-state index is 2.41. The predicted octanol–water partition coefficient (Wildman–Crippen LogP) is 2.57. The third-order valence-electron chi connectivity index (χ3n) is 0. The third kappa shape index (κ3) is 66.7. The van der Waals surface area contributed by atoms with Crippen molar-refractivity contribution in [3.63, 3.8) is 0 Å². The number of hydrogen-bond donors (Lipinski definition) is 0. The molecule has 0 rings (SSSR count). The van der Waals surface area contributed by atoms with Crippen LogP contribution in [0.25, 0.3) is 0 Å². The van der Waals surface area contributed by atoms with Gasteiger partial charge < -0.3 is 4.90 Å². The quantitative estimate of drug-likeness (QED) is 0.523. The Balaban J connectivity index is 0. The Hall–Kier alpha value is 2.15. The van der Waals surface area contributed by atoms with Gasteiger partial charge in [0.2, 0.25) is 0 Å². The SMILES string of the molecule is CN(C)C.I[IH]I. The van der Waals surface area contributed by atoms with Crippen LogP contribution in [0.5, 0.6) is 0 Å². The molecular formula is C3H10I3N. The van der Waals surface area contributed by atoms with Crippen LogP contribution in [0.4, 0.5) is 0 Å². The molecule has 0 aliphatic heterocycles. The van der Waals surface area contributed by atoms with Gasteiger partial charge in [-0.1, -0.05) is 0 Å². The summed E-state index contributed by atoms with van der Waals surface area (Å²) >= 11 is 5.22. The first kappa shape index (κ1) is 11.9. The molecule has 0 spiro atoms. The minimum absolute atomic E-state index is 0.410. The molecule has 0 unspecified atom stereocenters. The summed E-state index contributed by atoms with van der Waals surface area (Å²) in [5, 5.41) is 0. The molecular weight excluding hydrogens is 431 g/mol. The number of rotatable bonds is 0. The maximum atomic E-state index is 2.41. The molecule has 1 nitrogen and oxygen atoms in total. The molecule has 48 valence electrons. The summed E-state index contributed by atoms with van der Waals surface area (Å²) < 4.78 is 0. The van der Waals surface area contributed by atoms with E-state index in [0.717, 1.165) is 0 Å². The van der Waals surface area contributed by atoms with Crippen LogP contribution in [0, 0.1) is 0 Å². The zero-order valence-corrected chi connectivity index (χ0v) is 11.3. The van der Waals surface area contributed by atoms with Gasteiger partial charge in [-0.3, -0.25) is 0 Å². The molecule has 0 fully saturated rings. The van der Waals surface area contributed by atoms with Crippen LogP contribution in [0.1, 0.15) is 0 Å². The van der Waals surface area contributed by atoms with Crippen molar-refractivity contribution in [2.24, 2.45) is 0 Å². The molecule has 0 radical (unpaired) electrons. The van der Waals surface area contributed by atoms with Crippen LogP contribution in [0.15, 0.2) is 0 Å². The first-order valence-corrected chi connectivity index (χ1v) is 15.2. The van der Waals surface area contributed by atoms with Gasteiger partial charge in [0.05, 0.1) is 0 Å². The zero-order chi connectivity index (χ0) is 6.28. The van der Waals surface area contributed by atoms with Crippen molar-refractivity contribution < 1.29 is 0 Å². The van der Waals surface area contributed by atoms with Gasteiger partial charge >= 0.3 is 50.5 Å². The molecule has 4 heteroatoms. The predicted molar refractivity (Wildman–Crippen MR) is 63.1 cm³/mol. The van der Waals surface area contributed by atoms with Crippen molar-refractivity contribution in [1.82, 2.24) is 4.90 Å². The first-order chi connectivity index (χ1) is 3.15. The molecule has 0 amide bonds. The van der Waals surface area contributed by atoms with Crippen LogP contribution in [0.3, 0.4) is 0 Å². The van der Waals surface area contributed by atoms with E-state index < -0.39 is 0 Å².